The average molecular weight is 521 g/mol. The Morgan fingerprint density at radius 2 is 1.55 bits per heavy atom. The molecule has 2 N–H and O–H groups in total. The predicted molar refractivity (Wildman–Crippen MR) is 144 cm³/mol. The minimum atomic E-state index is -1.26. The summed E-state index contributed by atoms with van der Waals surface area (Å²) >= 11 is 0. The third-order valence-electron chi connectivity index (χ3n) is 5.70. The van der Waals surface area contributed by atoms with E-state index in [0.29, 0.717) is 30.5 Å². The standard InChI is InChI=1S/C24H28N4O2.C4H4O4/c1-19-18-23(26-24(25-19)20-6-4-3-5-7-20)30-17-16-27-12-14-28(15-13-27)21-8-10-22(29-2)11-9-21;5-3(6)1-2-4(7)8/h3-11,18H,12-17H2,1-2H3;1-2H,(H,5,6)(H,7,8). The number of methoxy groups -OCH3 is 1. The minimum Gasteiger partial charge on any atom is -0.497 e. The third-order valence-corrected chi connectivity index (χ3v) is 5.70. The van der Waals surface area contributed by atoms with Gasteiger partial charge in [0.25, 0.3) is 0 Å². The molecule has 10 heteroatoms. The molecule has 0 amide bonds. The maximum Gasteiger partial charge on any atom is 0.328 e. The molecule has 0 atom stereocenters. The highest BCUT2D eigenvalue weighted by Gasteiger charge is 2.17. The van der Waals surface area contributed by atoms with Crippen LogP contribution in [0, 0.1) is 6.92 Å². The summed E-state index contributed by atoms with van der Waals surface area (Å²) in [6.07, 6.45) is 1.12. The van der Waals surface area contributed by atoms with Crippen molar-refractivity contribution >= 4 is 17.6 Å². The summed E-state index contributed by atoms with van der Waals surface area (Å²) in [5.41, 5.74) is 3.16. The van der Waals surface area contributed by atoms with Gasteiger partial charge in [0.15, 0.2) is 5.82 Å². The fraction of sp³-hybridized carbons (Fsp3) is 0.286. The van der Waals surface area contributed by atoms with E-state index in [-0.39, 0.29) is 0 Å². The molecule has 1 aliphatic rings. The summed E-state index contributed by atoms with van der Waals surface area (Å²) in [6, 6.07) is 20.2. The molecule has 1 aliphatic heterocycles. The van der Waals surface area contributed by atoms with Crippen molar-refractivity contribution in [1.29, 1.82) is 0 Å². The van der Waals surface area contributed by atoms with Gasteiger partial charge in [-0.15, -0.1) is 0 Å². The highest BCUT2D eigenvalue weighted by Crippen LogP contribution is 2.21. The Bertz CT molecular complexity index is 1190. The van der Waals surface area contributed by atoms with E-state index in [4.69, 9.17) is 19.7 Å². The second kappa shape index (κ2) is 14.3. The lowest BCUT2D eigenvalue weighted by Crippen LogP contribution is -2.47. The number of anilines is 1. The molecular formula is C28H32N4O6. The van der Waals surface area contributed by atoms with Crippen LogP contribution in [0.3, 0.4) is 0 Å². The number of nitrogens with zero attached hydrogens (tertiary/aromatic N) is 4. The summed E-state index contributed by atoms with van der Waals surface area (Å²) in [6.45, 7) is 7.54. The minimum absolute atomic E-state index is 0.558. The summed E-state index contributed by atoms with van der Waals surface area (Å²) in [4.78, 5) is 33.1. The monoisotopic (exact) mass is 520 g/mol. The lowest BCUT2D eigenvalue weighted by atomic mass is 10.2. The second-order valence-corrected chi connectivity index (χ2v) is 8.42. The van der Waals surface area contributed by atoms with Crippen LogP contribution < -0.4 is 14.4 Å². The summed E-state index contributed by atoms with van der Waals surface area (Å²) in [5.74, 6) is -0.276. The van der Waals surface area contributed by atoms with Crippen LogP contribution in [0.5, 0.6) is 11.6 Å². The molecule has 0 unspecified atom stereocenters. The van der Waals surface area contributed by atoms with Crippen molar-refractivity contribution in [3.8, 4) is 23.0 Å². The van der Waals surface area contributed by atoms with Crippen LogP contribution >= 0.6 is 0 Å². The van der Waals surface area contributed by atoms with Gasteiger partial charge in [-0.05, 0) is 31.2 Å². The fourth-order valence-electron chi connectivity index (χ4n) is 3.77. The van der Waals surface area contributed by atoms with Gasteiger partial charge in [-0.25, -0.2) is 14.6 Å². The van der Waals surface area contributed by atoms with Gasteiger partial charge in [0.05, 0.1) is 7.11 Å². The number of hydrogen-bond donors (Lipinski definition) is 2. The Morgan fingerprint density at radius 1 is 0.921 bits per heavy atom. The molecule has 1 fully saturated rings. The van der Waals surface area contributed by atoms with Crippen molar-refractivity contribution in [3.63, 3.8) is 0 Å². The van der Waals surface area contributed by atoms with E-state index in [1.165, 1.54) is 5.69 Å². The Balaban J connectivity index is 0.000000436. The van der Waals surface area contributed by atoms with Gasteiger partial charge in [0, 0.05) is 67.9 Å². The topological polar surface area (TPSA) is 125 Å². The van der Waals surface area contributed by atoms with Crippen molar-refractivity contribution in [2.24, 2.45) is 0 Å². The molecule has 200 valence electrons. The van der Waals surface area contributed by atoms with Crippen LogP contribution in [-0.4, -0.2) is 83.5 Å². The summed E-state index contributed by atoms with van der Waals surface area (Å²) in [5, 5.41) is 15.6. The normalized spacial score (nSPS) is 13.5. The maximum absolute atomic E-state index is 9.55. The van der Waals surface area contributed by atoms with E-state index in [1.807, 2.05) is 55.5 Å². The predicted octanol–water partition coefficient (Wildman–Crippen LogP) is 3.37. The number of hydrogen-bond acceptors (Lipinski definition) is 8. The van der Waals surface area contributed by atoms with Gasteiger partial charge in [-0.2, -0.15) is 4.98 Å². The van der Waals surface area contributed by atoms with Crippen LogP contribution in [0.4, 0.5) is 5.69 Å². The molecule has 1 aromatic heterocycles. The fourth-order valence-corrected chi connectivity index (χ4v) is 3.77. The zero-order valence-corrected chi connectivity index (χ0v) is 21.5. The van der Waals surface area contributed by atoms with E-state index in [9.17, 15) is 9.59 Å². The number of aliphatic carboxylic acids is 2. The number of carboxylic acids is 2. The van der Waals surface area contributed by atoms with Crippen LogP contribution in [0.25, 0.3) is 11.4 Å². The van der Waals surface area contributed by atoms with Gasteiger partial charge in [-0.3, -0.25) is 4.90 Å². The largest absolute Gasteiger partial charge is 0.497 e. The molecule has 38 heavy (non-hydrogen) atoms. The lowest BCUT2D eigenvalue weighted by molar-refractivity contribution is -0.134. The number of carboxylic acid groups (broad SMARTS) is 2. The Morgan fingerprint density at radius 3 is 2.13 bits per heavy atom. The smallest absolute Gasteiger partial charge is 0.328 e. The molecule has 0 bridgehead atoms. The molecule has 0 aliphatic carbocycles. The maximum atomic E-state index is 9.55. The number of aryl methyl sites for hydroxylation is 1. The van der Waals surface area contributed by atoms with Gasteiger partial charge >= 0.3 is 11.9 Å². The molecule has 0 spiro atoms. The molecule has 3 aromatic rings. The highest BCUT2D eigenvalue weighted by molar-refractivity contribution is 5.89. The van der Waals surface area contributed by atoms with Crippen LogP contribution in [0.1, 0.15) is 5.69 Å². The summed E-state index contributed by atoms with van der Waals surface area (Å²) < 4.78 is 11.2. The van der Waals surface area contributed by atoms with Crippen LogP contribution in [0.15, 0.2) is 72.8 Å². The van der Waals surface area contributed by atoms with E-state index >= 15 is 0 Å². The first-order valence-electron chi connectivity index (χ1n) is 12.1. The molecule has 1 saturated heterocycles. The third kappa shape index (κ3) is 9.21. The number of piperazine rings is 1. The second-order valence-electron chi connectivity index (χ2n) is 8.42. The first kappa shape index (κ1) is 28.1. The molecule has 0 saturated carbocycles. The van der Waals surface area contributed by atoms with Gasteiger partial charge in [0.2, 0.25) is 5.88 Å². The van der Waals surface area contributed by atoms with Gasteiger partial charge in [0.1, 0.15) is 12.4 Å². The molecule has 2 aromatic carbocycles. The quantitative estimate of drug-likeness (QED) is 0.406. The number of carbonyl (C=O) groups is 2. The van der Waals surface area contributed by atoms with E-state index in [2.05, 4.69) is 31.9 Å². The van der Waals surface area contributed by atoms with E-state index in [0.717, 1.165) is 49.7 Å². The Labute approximate surface area is 221 Å². The zero-order valence-electron chi connectivity index (χ0n) is 21.5. The Hall–Kier alpha value is -4.44. The van der Waals surface area contributed by atoms with Crippen molar-refractivity contribution < 1.29 is 29.3 Å². The van der Waals surface area contributed by atoms with Crippen molar-refractivity contribution in [3.05, 3.63) is 78.5 Å². The molecule has 0 radical (unpaired) electrons. The van der Waals surface area contributed by atoms with Crippen molar-refractivity contribution in [2.75, 3.05) is 51.3 Å². The highest BCUT2D eigenvalue weighted by atomic mass is 16.5. The zero-order chi connectivity index (χ0) is 27.3. The summed E-state index contributed by atoms with van der Waals surface area (Å²) in [7, 11) is 1.70. The first-order chi connectivity index (χ1) is 18.3. The van der Waals surface area contributed by atoms with Crippen LogP contribution in [0.2, 0.25) is 0 Å². The van der Waals surface area contributed by atoms with Crippen LogP contribution in [-0.2, 0) is 9.59 Å². The molecular weight excluding hydrogens is 488 g/mol. The van der Waals surface area contributed by atoms with E-state index < -0.39 is 11.9 Å². The van der Waals surface area contributed by atoms with Crippen molar-refractivity contribution in [2.45, 2.75) is 6.92 Å². The van der Waals surface area contributed by atoms with Gasteiger partial charge in [-0.1, -0.05) is 30.3 Å². The number of benzene rings is 2. The first-order valence-corrected chi connectivity index (χ1v) is 12.1. The molecule has 2 heterocycles. The number of ether oxygens (including phenoxy) is 2. The number of aromatic nitrogens is 2. The van der Waals surface area contributed by atoms with Gasteiger partial charge < -0.3 is 24.6 Å². The molecule has 10 nitrogen and oxygen atoms in total. The Kier molecular flexibility index (Phi) is 10.6. The average Bonchev–Trinajstić information content (AvgIpc) is 2.93. The SMILES string of the molecule is COc1ccc(N2CCN(CCOc3cc(C)nc(-c4ccccc4)n3)CC2)cc1.O=C(O)C=CC(=O)O. The van der Waals surface area contributed by atoms with Crippen molar-refractivity contribution in [1.82, 2.24) is 14.9 Å². The molecule has 4 rings (SSSR count). The number of rotatable bonds is 9. The lowest BCUT2D eigenvalue weighted by Gasteiger charge is -2.36. The van der Waals surface area contributed by atoms with E-state index in [1.54, 1.807) is 7.11 Å².